The van der Waals surface area contributed by atoms with Crippen molar-refractivity contribution in [3.63, 3.8) is 0 Å². The van der Waals surface area contributed by atoms with Gasteiger partial charge < -0.3 is 76.8 Å². The summed E-state index contributed by atoms with van der Waals surface area (Å²) in [5.41, 5.74) is 20.0. The van der Waals surface area contributed by atoms with Crippen LogP contribution in [-0.4, -0.2) is 56.9 Å². The fourth-order valence-electron chi connectivity index (χ4n) is 16.2. The molecule has 0 atom stereocenters. The lowest BCUT2D eigenvalue weighted by molar-refractivity contribution is 0.414. The van der Waals surface area contributed by atoms with Crippen molar-refractivity contribution in [1.29, 1.82) is 10.5 Å². The zero-order valence-corrected chi connectivity index (χ0v) is 70.3. The number of nitriles is 2. The van der Waals surface area contributed by atoms with Gasteiger partial charge in [-0.3, -0.25) is 0 Å². The van der Waals surface area contributed by atoms with Gasteiger partial charge in [0.2, 0.25) is 0 Å². The van der Waals surface area contributed by atoms with Gasteiger partial charge in [0.25, 0.3) is 0 Å². The number of fused-ring (bicyclic) bond motifs is 7. The maximum Gasteiger partial charge on any atom is 0.153 e. The number of anilines is 18. The van der Waals surface area contributed by atoms with Gasteiger partial charge in [-0.2, -0.15) is 10.5 Å². The summed E-state index contributed by atoms with van der Waals surface area (Å²) in [5.74, 6) is 8.39. The fourth-order valence-corrected chi connectivity index (χ4v) is 18.7. The molecule has 0 unspecified atom stereocenters. The molecule has 0 N–H and O–H groups in total. The van der Waals surface area contributed by atoms with E-state index in [0.29, 0.717) is 28.6 Å². The number of thiophene rings is 2. The molecule has 0 spiro atoms. The first kappa shape index (κ1) is 77.9. The Balaban J connectivity index is 0.677. The van der Waals surface area contributed by atoms with E-state index in [1.807, 2.05) is 194 Å². The number of hydrogen-bond donors (Lipinski definition) is 0. The second-order valence-corrected chi connectivity index (χ2v) is 31.3. The summed E-state index contributed by atoms with van der Waals surface area (Å²) in [5, 5.41) is 21.6. The van der Waals surface area contributed by atoms with Crippen molar-refractivity contribution in [2.24, 2.45) is 0 Å². The Kier molecular flexibility index (Phi) is 20.9. The Labute approximate surface area is 726 Å². The number of benzene rings is 14. The highest BCUT2D eigenvalue weighted by molar-refractivity contribution is 7.26. The molecule has 19 rings (SSSR count). The third-order valence-corrected chi connectivity index (χ3v) is 24.9. The second-order valence-electron chi connectivity index (χ2n) is 29.2. The fraction of sp³-hybridized carbons (Fsp3) is 0.0769. The number of nitrogens with zero attached hydrogens (tertiary/aromatic N) is 8. The van der Waals surface area contributed by atoms with Crippen LogP contribution in [-0.2, 0) is 0 Å². The third kappa shape index (κ3) is 14.5. The van der Waals surface area contributed by atoms with Crippen LogP contribution in [0.5, 0.6) is 69.0 Å². The predicted molar refractivity (Wildman–Crippen MR) is 496 cm³/mol. The molecule has 0 bridgehead atoms. The molecule has 124 heavy (non-hydrogen) atoms. The van der Waals surface area contributed by atoms with E-state index >= 15 is 0 Å². The van der Waals surface area contributed by atoms with E-state index < -0.39 is 0 Å². The molecule has 14 aromatic carbocycles. The maximum absolute atomic E-state index is 10.8. The Hall–Kier alpha value is -16.0. The number of ether oxygens (including phenoxy) is 10. The summed E-state index contributed by atoms with van der Waals surface area (Å²) in [7, 11) is 13.3. The van der Waals surface area contributed by atoms with Gasteiger partial charge >= 0.3 is 0 Å². The molecule has 4 heterocycles. The Morgan fingerprint density at radius 3 is 0.653 bits per heavy atom. The Bertz CT molecular complexity index is 5900. The van der Waals surface area contributed by atoms with Crippen LogP contribution in [0.3, 0.4) is 0 Å². The van der Waals surface area contributed by atoms with Gasteiger partial charge in [0, 0.05) is 130 Å². The summed E-state index contributed by atoms with van der Waals surface area (Å²) in [6.07, 6.45) is 0. The lowest BCUT2D eigenvalue weighted by atomic mass is 9.99. The first-order valence-electron chi connectivity index (χ1n) is 39.8. The quantitative estimate of drug-likeness (QED) is 0.0525. The minimum atomic E-state index is 0.0470. The van der Waals surface area contributed by atoms with E-state index in [9.17, 15) is 10.5 Å². The number of hydrogen-bond acceptors (Lipinski definition) is 20. The van der Waals surface area contributed by atoms with Crippen LogP contribution in [0.1, 0.15) is 11.1 Å². The smallest absolute Gasteiger partial charge is 0.153 e. The van der Waals surface area contributed by atoms with Crippen molar-refractivity contribution in [3.05, 3.63) is 344 Å². The van der Waals surface area contributed by atoms with E-state index in [1.165, 1.54) is 0 Å². The Morgan fingerprint density at radius 1 is 0.258 bits per heavy atom. The van der Waals surface area contributed by atoms with E-state index in [1.54, 1.807) is 79.6 Å². The highest BCUT2D eigenvalue weighted by atomic mass is 32.1. The monoisotopic (exact) mass is 1660 g/mol. The number of methoxy groups -OCH3 is 8. The summed E-state index contributed by atoms with van der Waals surface area (Å²) < 4.78 is 59.4. The zero-order valence-electron chi connectivity index (χ0n) is 68.7. The van der Waals surface area contributed by atoms with Crippen LogP contribution in [0.25, 0.3) is 36.2 Å². The minimum Gasteiger partial charge on any atom is -0.497 e. The van der Waals surface area contributed by atoms with Gasteiger partial charge in [0.1, 0.15) is 63.7 Å². The van der Waals surface area contributed by atoms with Crippen LogP contribution in [0.15, 0.2) is 333 Å². The van der Waals surface area contributed by atoms with Gasteiger partial charge in [-0.25, -0.2) is 0 Å². The summed E-state index contributed by atoms with van der Waals surface area (Å²) in [6.45, 7) is 0. The van der Waals surface area contributed by atoms with E-state index in [4.69, 9.17) is 47.4 Å². The number of rotatable bonds is 24. The molecule has 16 aromatic rings. The second kappa shape index (κ2) is 33.3. The highest BCUT2D eigenvalue weighted by Crippen LogP contribution is 2.60. The molecular weight excluding hydrogens is 1590 g/mol. The summed E-state index contributed by atoms with van der Waals surface area (Å²) in [4.78, 5) is 17.2. The standard InChI is InChI=1S/C104H78N8O10S2/c1-113-82-37-17-68(18-38-82)107(69-19-39-83(114-2)40-20-69)78-33-53-92-96(57-78)121-97-58-79(108(70-21-41-84(115-3)42-22-70)71-23-43-85(116-4)44-24-71)34-54-93(97)111(92)76-13-9-65(10-14-76)100-61-90-102(67(63-105)64-106)91-62-101(124-104(91)103(90)123-100)66-11-15-77(16-12-66)112-94-55-35-80(109(72-25-45-86(117-5)46-26-72)73-27-47-87(118-6)48-28-73)59-98(94)122-99-60-81(36-56-95(99)112)110(74-29-49-88(119-7)50-30-74)75-31-51-89(120-8)52-32-75/h9-62H,1-8H3. The molecule has 0 saturated carbocycles. The van der Waals surface area contributed by atoms with Crippen LogP contribution < -0.4 is 76.8 Å². The Morgan fingerprint density at radius 2 is 0.460 bits per heavy atom. The third-order valence-electron chi connectivity index (χ3n) is 22.4. The van der Waals surface area contributed by atoms with Crippen LogP contribution in [0, 0.1) is 22.7 Å². The zero-order chi connectivity index (χ0) is 84.6. The average molecular weight is 1660 g/mol. The average Bonchev–Trinajstić information content (AvgIpc) is 1.50. The first-order chi connectivity index (χ1) is 60.9. The van der Waals surface area contributed by atoms with E-state index in [0.717, 1.165) is 190 Å². The lowest BCUT2D eigenvalue weighted by Crippen LogP contribution is -2.18. The largest absolute Gasteiger partial charge is 0.497 e. The topological polar surface area (TPSA) is 159 Å². The molecule has 1 aliphatic carbocycles. The molecule has 606 valence electrons. The van der Waals surface area contributed by atoms with Crippen molar-refractivity contribution in [3.8, 4) is 112 Å². The first-order valence-corrected chi connectivity index (χ1v) is 41.5. The lowest BCUT2D eigenvalue weighted by Gasteiger charge is -2.35. The van der Waals surface area contributed by atoms with Gasteiger partial charge in [-0.1, -0.05) is 24.3 Å². The normalized spacial score (nSPS) is 11.8. The van der Waals surface area contributed by atoms with Gasteiger partial charge in [0.15, 0.2) is 23.0 Å². The van der Waals surface area contributed by atoms with Crippen molar-refractivity contribution in [1.82, 2.24) is 0 Å². The predicted octanol–water partition coefficient (Wildman–Crippen LogP) is 28.1. The minimum absolute atomic E-state index is 0.0470. The molecule has 18 nitrogen and oxygen atoms in total. The molecule has 0 fully saturated rings. The van der Waals surface area contributed by atoms with Crippen molar-refractivity contribution < 1.29 is 47.4 Å². The van der Waals surface area contributed by atoms with Crippen LogP contribution in [0.4, 0.5) is 102 Å². The van der Waals surface area contributed by atoms with Crippen molar-refractivity contribution in [2.45, 2.75) is 0 Å². The van der Waals surface area contributed by atoms with Gasteiger partial charge in [-0.15, -0.1) is 22.7 Å². The molecule has 2 aromatic heterocycles. The molecule has 0 amide bonds. The highest BCUT2D eigenvalue weighted by Gasteiger charge is 2.36. The van der Waals surface area contributed by atoms with Crippen LogP contribution >= 0.6 is 22.7 Å². The molecule has 2 aliphatic heterocycles. The van der Waals surface area contributed by atoms with Gasteiger partial charge in [-0.05, 0) is 290 Å². The van der Waals surface area contributed by atoms with Gasteiger partial charge in [0.05, 0.1) is 89.4 Å². The molecule has 3 aliphatic rings. The molecule has 20 heteroatoms. The van der Waals surface area contributed by atoms with E-state index in [2.05, 4.69) is 175 Å². The van der Waals surface area contributed by atoms with Crippen LogP contribution in [0.2, 0.25) is 0 Å². The number of allylic oxidation sites excluding steroid dienone is 1. The molecular formula is C104H78N8O10S2. The SMILES string of the molecule is COc1ccc(N(c2ccc(OC)cc2)c2ccc3c(c2)Oc2cc(N(c4ccc(OC)cc4)c4ccc(OC)cc4)ccc2N3c2ccc(-c3cc4c(s3)-c3sc(-c5ccc(N6c7ccc(N(c8ccc(OC)cc8)c8ccc(OC)cc8)cc7Oc7cc(N(c8ccc(OC)cc8)c8ccc(OC)cc8)ccc76)cc5)cc3C4=C(C#N)C#N)cc2)cc1. The summed E-state index contributed by atoms with van der Waals surface area (Å²) >= 11 is 3.30. The van der Waals surface area contributed by atoms with Crippen molar-refractivity contribution in [2.75, 3.05) is 86.3 Å². The maximum atomic E-state index is 10.8. The van der Waals surface area contributed by atoms with Crippen molar-refractivity contribution >= 4 is 131 Å². The molecule has 0 saturated heterocycles. The molecule has 0 radical (unpaired) electrons. The summed E-state index contributed by atoms with van der Waals surface area (Å²) in [6, 6.07) is 115. The van der Waals surface area contributed by atoms with E-state index in [-0.39, 0.29) is 5.57 Å².